The van der Waals surface area contributed by atoms with Gasteiger partial charge in [0.25, 0.3) is 0 Å². The smallest absolute Gasteiger partial charge is 0.338 e. The number of nitrogens with one attached hydrogen (secondary N) is 1. The van der Waals surface area contributed by atoms with Crippen LogP contribution in [-0.2, 0) is 4.74 Å². The van der Waals surface area contributed by atoms with E-state index in [1.165, 1.54) is 0 Å². The summed E-state index contributed by atoms with van der Waals surface area (Å²) >= 11 is 0. The Morgan fingerprint density at radius 1 is 1.40 bits per heavy atom. The van der Waals surface area contributed by atoms with Crippen molar-refractivity contribution in [2.24, 2.45) is 0 Å². The fourth-order valence-electron chi connectivity index (χ4n) is 1.29. The molecule has 3 nitrogen and oxygen atoms in total. The summed E-state index contributed by atoms with van der Waals surface area (Å²) in [6, 6.07) is 7.75. The molecule has 1 unspecified atom stereocenters. The zero-order chi connectivity index (χ0) is 11.3. The standard InChI is InChI=1S/C12H17NO2/c1-4-15-12(14)11-7-5-10(6-8-11)9(2)13-3/h5-9,13H,4H2,1-3H3. The Bertz CT molecular complexity index is 319. The van der Waals surface area contributed by atoms with Crippen LogP contribution in [0.15, 0.2) is 24.3 Å². The van der Waals surface area contributed by atoms with Crippen LogP contribution in [0.25, 0.3) is 0 Å². The Morgan fingerprint density at radius 3 is 2.47 bits per heavy atom. The van der Waals surface area contributed by atoms with Gasteiger partial charge in [0.1, 0.15) is 0 Å². The quantitative estimate of drug-likeness (QED) is 0.769. The van der Waals surface area contributed by atoms with Gasteiger partial charge in [-0.1, -0.05) is 12.1 Å². The van der Waals surface area contributed by atoms with Crippen molar-refractivity contribution in [3.63, 3.8) is 0 Å². The van der Waals surface area contributed by atoms with Crippen LogP contribution in [0.1, 0.15) is 35.8 Å². The van der Waals surface area contributed by atoms with Gasteiger partial charge in [-0.25, -0.2) is 4.79 Å². The molecule has 0 radical (unpaired) electrons. The molecule has 1 aromatic rings. The van der Waals surface area contributed by atoms with E-state index in [1.807, 2.05) is 19.2 Å². The van der Waals surface area contributed by atoms with Crippen LogP contribution in [0.4, 0.5) is 0 Å². The van der Waals surface area contributed by atoms with Gasteiger partial charge in [-0.05, 0) is 38.6 Å². The molecule has 1 aromatic carbocycles. The fraction of sp³-hybridized carbons (Fsp3) is 0.417. The Kier molecular flexibility index (Phi) is 4.31. The highest BCUT2D eigenvalue weighted by atomic mass is 16.5. The highest BCUT2D eigenvalue weighted by Gasteiger charge is 2.07. The number of carbonyl (C=O) groups excluding carboxylic acids is 1. The van der Waals surface area contributed by atoms with Gasteiger partial charge >= 0.3 is 5.97 Å². The van der Waals surface area contributed by atoms with Crippen molar-refractivity contribution in [2.75, 3.05) is 13.7 Å². The molecule has 1 rings (SSSR count). The van der Waals surface area contributed by atoms with Crippen LogP contribution < -0.4 is 5.32 Å². The van der Waals surface area contributed by atoms with E-state index < -0.39 is 0 Å². The van der Waals surface area contributed by atoms with Crippen molar-refractivity contribution in [2.45, 2.75) is 19.9 Å². The van der Waals surface area contributed by atoms with Gasteiger partial charge in [-0.15, -0.1) is 0 Å². The molecule has 0 aliphatic heterocycles. The van der Waals surface area contributed by atoms with Crippen molar-refractivity contribution in [1.82, 2.24) is 5.32 Å². The lowest BCUT2D eigenvalue weighted by Crippen LogP contribution is -2.12. The van der Waals surface area contributed by atoms with Gasteiger partial charge in [-0.2, -0.15) is 0 Å². The van der Waals surface area contributed by atoms with E-state index in [-0.39, 0.29) is 5.97 Å². The molecule has 0 aromatic heterocycles. The Morgan fingerprint density at radius 2 is 2.00 bits per heavy atom. The van der Waals surface area contributed by atoms with Crippen LogP contribution in [-0.4, -0.2) is 19.6 Å². The molecule has 0 amide bonds. The van der Waals surface area contributed by atoms with Crippen LogP contribution in [0, 0.1) is 0 Å². The lowest BCUT2D eigenvalue weighted by atomic mass is 10.1. The minimum absolute atomic E-state index is 0.263. The third-order valence-electron chi connectivity index (χ3n) is 2.35. The zero-order valence-electron chi connectivity index (χ0n) is 9.41. The van der Waals surface area contributed by atoms with Crippen LogP contribution in [0.5, 0.6) is 0 Å². The Hall–Kier alpha value is -1.35. The molecule has 0 saturated heterocycles. The average Bonchev–Trinajstić information content (AvgIpc) is 2.28. The molecule has 0 aliphatic carbocycles. The average molecular weight is 207 g/mol. The fourth-order valence-corrected chi connectivity index (χ4v) is 1.29. The summed E-state index contributed by atoms with van der Waals surface area (Å²) in [5, 5.41) is 3.14. The van der Waals surface area contributed by atoms with Gasteiger partial charge in [0.2, 0.25) is 0 Å². The van der Waals surface area contributed by atoms with Gasteiger partial charge in [-0.3, -0.25) is 0 Å². The molecule has 15 heavy (non-hydrogen) atoms. The Balaban J connectivity index is 2.76. The summed E-state index contributed by atoms with van der Waals surface area (Å²) in [5.41, 5.74) is 1.76. The molecule has 82 valence electrons. The summed E-state index contributed by atoms with van der Waals surface area (Å²) in [7, 11) is 1.91. The second kappa shape index (κ2) is 5.51. The van der Waals surface area contributed by atoms with E-state index >= 15 is 0 Å². The molecule has 0 aliphatic rings. The normalized spacial score (nSPS) is 12.2. The van der Waals surface area contributed by atoms with E-state index in [2.05, 4.69) is 12.2 Å². The third-order valence-corrected chi connectivity index (χ3v) is 2.35. The van der Waals surface area contributed by atoms with Gasteiger partial charge in [0, 0.05) is 6.04 Å². The number of esters is 1. The Labute approximate surface area is 90.4 Å². The number of carbonyl (C=O) groups is 1. The largest absolute Gasteiger partial charge is 0.462 e. The van der Waals surface area contributed by atoms with Crippen LogP contribution >= 0.6 is 0 Å². The van der Waals surface area contributed by atoms with E-state index in [9.17, 15) is 4.79 Å². The van der Waals surface area contributed by atoms with Crippen molar-refractivity contribution < 1.29 is 9.53 Å². The molecule has 0 spiro atoms. The first-order valence-corrected chi connectivity index (χ1v) is 5.13. The second-order valence-electron chi connectivity index (χ2n) is 3.35. The summed E-state index contributed by atoms with van der Waals surface area (Å²) in [5.74, 6) is -0.263. The molecule has 1 atom stereocenters. The third kappa shape index (κ3) is 3.06. The van der Waals surface area contributed by atoms with Crippen LogP contribution in [0.3, 0.4) is 0 Å². The van der Waals surface area contributed by atoms with Crippen LogP contribution in [0.2, 0.25) is 0 Å². The van der Waals surface area contributed by atoms with Gasteiger partial charge in [0.05, 0.1) is 12.2 Å². The molecule has 3 heteroatoms. The number of hydrogen-bond acceptors (Lipinski definition) is 3. The van der Waals surface area contributed by atoms with E-state index in [0.29, 0.717) is 18.2 Å². The summed E-state index contributed by atoms with van der Waals surface area (Å²) in [6.45, 7) is 4.28. The maximum atomic E-state index is 11.4. The van der Waals surface area contributed by atoms with Gasteiger partial charge in [0.15, 0.2) is 0 Å². The van der Waals surface area contributed by atoms with E-state index in [0.717, 1.165) is 5.56 Å². The molecule has 0 bridgehead atoms. The van der Waals surface area contributed by atoms with Crippen molar-refractivity contribution in [1.29, 1.82) is 0 Å². The monoisotopic (exact) mass is 207 g/mol. The first kappa shape index (κ1) is 11.7. The number of benzene rings is 1. The SMILES string of the molecule is CCOC(=O)c1ccc(C(C)NC)cc1. The summed E-state index contributed by atoms with van der Waals surface area (Å²) in [6.07, 6.45) is 0. The predicted molar refractivity (Wildman–Crippen MR) is 59.9 cm³/mol. The molecule has 0 fully saturated rings. The first-order valence-electron chi connectivity index (χ1n) is 5.13. The molecule has 1 N–H and O–H groups in total. The maximum absolute atomic E-state index is 11.4. The summed E-state index contributed by atoms with van der Waals surface area (Å²) in [4.78, 5) is 11.4. The first-order chi connectivity index (χ1) is 7.19. The topological polar surface area (TPSA) is 38.3 Å². The number of rotatable bonds is 4. The zero-order valence-corrected chi connectivity index (χ0v) is 9.41. The molecular weight excluding hydrogens is 190 g/mol. The van der Waals surface area contributed by atoms with Crippen molar-refractivity contribution >= 4 is 5.97 Å². The number of ether oxygens (including phenoxy) is 1. The van der Waals surface area contributed by atoms with E-state index in [1.54, 1.807) is 19.1 Å². The lowest BCUT2D eigenvalue weighted by molar-refractivity contribution is 0.0526. The second-order valence-corrected chi connectivity index (χ2v) is 3.35. The molecular formula is C12H17NO2. The van der Waals surface area contributed by atoms with Crippen molar-refractivity contribution in [3.05, 3.63) is 35.4 Å². The highest BCUT2D eigenvalue weighted by Crippen LogP contribution is 2.13. The number of hydrogen-bond donors (Lipinski definition) is 1. The van der Waals surface area contributed by atoms with Gasteiger partial charge < -0.3 is 10.1 Å². The highest BCUT2D eigenvalue weighted by molar-refractivity contribution is 5.89. The lowest BCUT2D eigenvalue weighted by Gasteiger charge is -2.10. The van der Waals surface area contributed by atoms with E-state index in [4.69, 9.17) is 4.74 Å². The predicted octanol–water partition coefficient (Wildman–Crippen LogP) is 2.14. The van der Waals surface area contributed by atoms with Crippen molar-refractivity contribution in [3.8, 4) is 0 Å². The maximum Gasteiger partial charge on any atom is 0.338 e. The summed E-state index contributed by atoms with van der Waals surface area (Å²) < 4.78 is 4.90. The molecule has 0 saturated carbocycles. The minimum atomic E-state index is -0.263. The minimum Gasteiger partial charge on any atom is -0.462 e. The molecule has 0 heterocycles.